The Morgan fingerprint density at radius 1 is 1.12 bits per heavy atom. The summed E-state index contributed by atoms with van der Waals surface area (Å²) in [6, 6.07) is 6.41. The largest absolute Gasteiger partial charge is 0.465 e. The highest BCUT2D eigenvalue weighted by molar-refractivity contribution is 6.02. The molecule has 0 bridgehead atoms. The maximum atomic E-state index is 12.1. The number of nitrogens with zero attached hydrogens (tertiary/aromatic N) is 1. The average molecular weight is 347 g/mol. The Morgan fingerprint density at radius 2 is 1.72 bits per heavy atom. The van der Waals surface area contributed by atoms with Gasteiger partial charge >= 0.3 is 5.97 Å². The number of hydrogen-bond acceptors (Lipinski definition) is 5. The highest BCUT2D eigenvalue weighted by atomic mass is 16.5. The molecule has 0 saturated heterocycles. The van der Waals surface area contributed by atoms with Crippen LogP contribution in [0.15, 0.2) is 29.4 Å². The van der Waals surface area contributed by atoms with Gasteiger partial charge in [0.2, 0.25) is 5.91 Å². The van der Waals surface area contributed by atoms with E-state index in [9.17, 15) is 14.4 Å². The molecule has 0 aliphatic heterocycles. The molecule has 0 spiro atoms. The van der Waals surface area contributed by atoms with Gasteiger partial charge in [-0.1, -0.05) is 13.8 Å². The van der Waals surface area contributed by atoms with Crippen LogP contribution in [0.5, 0.6) is 0 Å². The van der Waals surface area contributed by atoms with E-state index in [4.69, 9.17) is 4.74 Å². The van der Waals surface area contributed by atoms with Crippen LogP contribution in [0.3, 0.4) is 0 Å². The van der Waals surface area contributed by atoms with Crippen molar-refractivity contribution in [3.05, 3.63) is 29.8 Å². The van der Waals surface area contributed by atoms with E-state index in [1.54, 1.807) is 38.1 Å². The van der Waals surface area contributed by atoms with Crippen LogP contribution < -0.4 is 10.7 Å². The van der Waals surface area contributed by atoms with Gasteiger partial charge in [0.25, 0.3) is 5.91 Å². The third-order valence-corrected chi connectivity index (χ3v) is 3.46. The highest BCUT2D eigenvalue weighted by Crippen LogP contribution is 2.15. The molecule has 0 heterocycles. The Morgan fingerprint density at radius 3 is 2.20 bits per heavy atom. The first kappa shape index (κ1) is 20.3. The van der Waals surface area contributed by atoms with Crippen LogP contribution in [0, 0.1) is 11.8 Å². The number of nitrogens with one attached hydrogen (secondary N) is 2. The number of benzene rings is 1. The summed E-state index contributed by atoms with van der Waals surface area (Å²) in [6.07, 6.45) is 0. The predicted molar refractivity (Wildman–Crippen MR) is 96.3 cm³/mol. The topological polar surface area (TPSA) is 96.9 Å². The van der Waals surface area contributed by atoms with Crippen LogP contribution in [0.2, 0.25) is 0 Å². The Hall–Kier alpha value is -2.70. The van der Waals surface area contributed by atoms with Gasteiger partial charge in [0.05, 0.1) is 12.5 Å². The zero-order chi connectivity index (χ0) is 19.0. The first-order chi connectivity index (χ1) is 11.8. The van der Waals surface area contributed by atoms with Crippen LogP contribution in [0.1, 0.15) is 45.0 Å². The molecule has 2 amide bonds. The van der Waals surface area contributed by atoms with Crippen LogP contribution in [-0.4, -0.2) is 30.1 Å². The second-order valence-corrected chi connectivity index (χ2v) is 5.93. The average Bonchev–Trinajstić information content (AvgIpc) is 2.52. The lowest BCUT2D eigenvalue weighted by atomic mass is 9.92. The summed E-state index contributed by atoms with van der Waals surface area (Å²) in [7, 11) is 0. The molecule has 2 N–H and O–H groups in total. The van der Waals surface area contributed by atoms with Gasteiger partial charge in [-0.15, -0.1) is 0 Å². The minimum Gasteiger partial charge on any atom is -0.465 e. The van der Waals surface area contributed by atoms with Crippen molar-refractivity contribution >= 4 is 29.2 Å². The second kappa shape index (κ2) is 9.56. The van der Waals surface area contributed by atoms with E-state index < -0.39 is 11.8 Å². The van der Waals surface area contributed by atoms with Crippen molar-refractivity contribution < 1.29 is 19.1 Å². The number of carbonyl (C=O) groups is 3. The number of rotatable bonds is 7. The van der Waals surface area contributed by atoms with Gasteiger partial charge in [-0.05, 0) is 44.0 Å². The zero-order valence-electron chi connectivity index (χ0n) is 15.3. The van der Waals surface area contributed by atoms with E-state index in [1.165, 1.54) is 6.92 Å². The fourth-order valence-corrected chi connectivity index (χ4v) is 2.34. The van der Waals surface area contributed by atoms with Gasteiger partial charge in [0.1, 0.15) is 0 Å². The minimum absolute atomic E-state index is 0.00311. The van der Waals surface area contributed by atoms with Gasteiger partial charge in [0, 0.05) is 23.9 Å². The lowest BCUT2D eigenvalue weighted by Gasteiger charge is -2.18. The molecule has 7 heteroatoms. The summed E-state index contributed by atoms with van der Waals surface area (Å²) >= 11 is 0. The molecule has 1 aromatic rings. The van der Waals surface area contributed by atoms with Gasteiger partial charge in [-0.2, -0.15) is 5.10 Å². The Labute approximate surface area is 147 Å². The van der Waals surface area contributed by atoms with Gasteiger partial charge in [-0.3, -0.25) is 14.4 Å². The van der Waals surface area contributed by atoms with Crippen LogP contribution in [-0.2, 0) is 14.3 Å². The molecule has 136 valence electrons. The van der Waals surface area contributed by atoms with Crippen LogP contribution >= 0.6 is 0 Å². The number of carbonyl (C=O) groups excluding carboxylic acids is 3. The van der Waals surface area contributed by atoms with Crippen molar-refractivity contribution in [2.45, 2.75) is 34.6 Å². The van der Waals surface area contributed by atoms with Crippen molar-refractivity contribution in [2.24, 2.45) is 16.9 Å². The molecule has 0 aliphatic carbocycles. The van der Waals surface area contributed by atoms with E-state index >= 15 is 0 Å². The Bertz CT molecular complexity index is 651. The number of ether oxygens (including phenoxy) is 1. The summed E-state index contributed by atoms with van der Waals surface area (Å²) < 4.78 is 5.06. The number of amides is 2. The molecule has 7 nitrogen and oxygen atoms in total. The molecule has 1 aromatic carbocycles. The minimum atomic E-state index is -0.512. The maximum absolute atomic E-state index is 12.1. The lowest BCUT2D eigenvalue weighted by Crippen LogP contribution is -2.31. The number of esters is 1. The second-order valence-electron chi connectivity index (χ2n) is 5.93. The quantitative estimate of drug-likeness (QED) is 0.450. The molecule has 1 rings (SSSR count). The Kier molecular flexibility index (Phi) is 7.78. The third kappa shape index (κ3) is 6.37. The van der Waals surface area contributed by atoms with E-state index in [0.717, 1.165) is 0 Å². The third-order valence-electron chi connectivity index (χ3n) is 3.46. The molecule has 0 fully saturated rings. The molecular formula is C18H25N3O4. The molecule has 25 heavy (non-hydrogen) atoms. The SMILES string of the molecule is CCOC(=O)[C@@H](C(C)=NNC(=O)c1ccc(NC(C)=O)cc1)C(C)C. The molecule has 0 aromatic heterocycles. The zero-order valence-corrected chi connectivity index (χ0v) is 15.3. The Balaban J connectivity index is 2.79. The number of anilines is 1. The molecule has 0 aliphatic rings. The summed E-state index contributed by atoms with van der Waals surface area (Å²) in [5.41, 5.74) is 3.92. The first-order valence-electron chi connectivity index (χ1n) is 8.15. The number of hydrogen-bond donors (Lipinski definition) is 2. The highest BCUT2D eigenvalue weighted by Gasteiger charge is 2.26. The van der Waals surface area contributed by atoms with E-state index in [0.29, 0.717) is 23.6 Å². The number of hydrazone groups is 1. The summed E-state index contributed by atoms with van der Waals surface area (Å²) in [6.45, 7) is 8.91. The van der Waals surface area contributed by atoms with Gasteiger partial charge in [0.15, 0.2) is 0 Å². The predicted octanol–water partition coefficient (Wildman–Crippen LogP) is 2.59. The molecule has 0 radical (unpaired) electrons. The fraction of sp³-hybridized carbons (Fsp3) is 0.444. The lowest BCUT2D eigenvalue weighted by molar-refractivity contribution is -0.146. The molecule has 0 unspecified atom stereocenters. The molecule has 0 saturated carbocycles. The van der Waals surface area contributed by atoms with Gasteiger partial charge in [-0.25, -0.2) is 5.43 Å². The fourth-order valence-electron chi connectivity index (χ4n) is 2.34. The van der Waals surface area contributed by atoms with Gasteiger partial charge < -0.3 is 10.1 Å². The van der Waals surface area contributed by atoms with Crippen molar-refractivity contribution in [1.82, 2.24) is 5.43 Å². The van der Waals surface area contributed by atoms with Crippen LogP contribution in [0.4, 0.5) is 5.69 Å². The molecular weight excluding hydrogens is 322 g/mol. The standard InChI is InChI=1S/C18H25N3O4/c1-6-25-18(24)16(11(2)3)12(4)20-21-17(23)14-7-9-15(10-8-14)19-13(5)22/h7-11,16H,6H2,1-5H3,(H,19,22)(H,21,23)/t16-/m1/s1. The monoisotopic (exact) mass is 347 g/mol. The summed E-state index contributed by atoms with van der Waals surface area (Å²) in [4.78, 5) is 35.1. The maximum Gasteiger partial charge on any atom is 0.314 e. The van der Waals surface area contributed by atoms with Crippen molar-refractivity contribution in [3.8, 4) is 0 Å². The van der Waals surface area contributed by atoms with E-state index in [-0.39, 0.29) is 17.8 Å². The van der Waals surface area contributed by atoms with Crippen molar-refractivity contribution in [2.75, 3.05) is 11.9 Å². The van der Waals surface area contributed by atoms with Crippen molar-refractivity contribution in [1.29, 1.82) is 0 Å². The summed E-state index contributed by atoms with van der Waals surface area (Å²) in [5, 5.41) is 6.67. The van der Waals surface area contributed by atoms with Crippen LogP contribution in [0.25, 0.3) is 0 Å². The van der Waals surface area contributed by atoms with E-state index in [1.807, 2.05) is 13.8 Å². The van der Waals surface area contributed by atoms with Crippen molar-refractivity contribution in [3.63, 3.8) is 0 Å². The van der Waals surface area contributed by atoms with E-state index in [2.05, 4.69) is 15.8 Å². The normalized spacial score (nSPS) is 12.5. The first-order valence-corrected chi connectivity index (χ1v) is 8.15. The molecule has 1 atom stereocenters. The smallest absolute Gasteiger partial charge is 0.314 e. The summed E-state index contributed by atoms with van der Waals surface area (Å²) in [5.74, 6) is -1.46.